The molecule has 3 aromatic heterocycles. The van der Waals surface area contributed by atoms with E-state index in [-0.39, 0.29) is 22.5 Å². The lowest BCUT2D eigenvalue weighted by molar-refractivity contribution is 0.222. The molecule has 0 aliphatic rings. The zero-order valence-corrected chi connectivity index (χ0v) is 14.6. The summed E-state index contributed by atoms with van der Waals surface area (Å²) >= 11 is 0. The van der Waals surface area contributed by atoms with Crippen LogP contribution in [0.4, 0.5) is 19.0 Å². The maximum atomic E-state index is 13.9. The number of pyridine rings is 2. The van der Waals surface area contributed by atoms with Crippen LogP contribution >= 0.6 is 0 Å². The van der Waals surface area contributed by atoms with Gasteiger partial charge in [-0.05, 0) is 25.1 Å². The second kappa shape index (κ2) is 6.84. The number of aromatic nitrogens is 4. The molecule has 0 aliphatic heterocycles. The minimum Gasteiger partial charge on any atom is -0.480 e. The van der Waals surface area contributed by atoms with Gasteiger partial charge in [0.2, 0.25) is 0 Å². The molecular weight excluding hydrogens is 371 g/mol. The molecule has 4 rings (SSSR count). The third kappa shape index (κ3) is 3.22. The highest BCUT2D eigenvalue weighted by Crippen LogP contribution is 2.31. The fourth-order valence-corrected chi connectivity index (χ4v) is 2.89. The standard InChI is InChI=1S/C19H14F3N5O/c1-10(17-15(8-13(21)9-24-17)27-4-2-3-25-27)28-16-6-11-5-12(20)7-14(22)18(11)26-19(16)23/h2-10H,1H3,(H2,23,26)/t10-/m0/s1. The summed E-state index contributed by atoms with van der Waals surface area (Å²) in [4.78, 5) is 8.07. The van der Waals surface area contributed by atoms with Gasteiger partial charge in [-0.2, -0.15) is 5.10 Å². The Morgan fingerprint density at radius 3 is 2.68 bits per heavy atom. The zero-order chi connectivity index (χ0) is 19.8. The van der Waals surface area contributed by atoms with Gasteiger partial charge in [0.25, 0.3) is 0 Å². The Hall–Kier alpha value is -3.62. The SMILES string of the molecule is C[C@H](Oc1cc2cc(F)cc(F)c2nc1N)c1ncc(F)cc1-n1cccn1. The van der Waals surface area contributed by atoms with Crippen molar-refractivity contribution in [2.75, 3.05) is 5.73 Å². The largest absolute Gasteiger partial charge is 0.480 e. The van der Waals surface area contributed by atoms with E-state index in [1.54, 1.807) is 25.4 Å². The molecule has 0 bridgehead atoms. The molecule has 0 saturated carbocycles. The molecule has 4 aromatic rings. The number of hydrogen-bond donors (Lipinski definition) is 1. The topological polar surface area (TPSA) is 78.9 Å². The lowest BCUT2D eigenvalue weighted by Gasteiger charge is -2.18. The summed E-state index contributed by atoms with van der Waals surface area (Å²) in [6.45, 7) is 1.68. The number of anilines is 1. The molecule has 1 aromatic carbocycles. The lowest BCUT2D eigenvalue weighted by atomic mass is 10.2. The van der Waals surface area contributed by atoms with Gasteiger partial charge in [-0.25, -0.2) is 22.8 Å². The van der Waals surface area contributed by atoms with E-state index in [0.29, 0.717) is 11.4 Å². The Kier molecular flexibility index (Phi) is 4.34. The number of ether oxygens (including phenoxy) is 1. The summed E-state index contributed by atoms with van der Waals surface area (Å²) < 4.78 is 48.4. The number of fused-ring (bicyclic) bond motifs is 1. The van der Waals surface area contributed by atoms with Crippen LogP contribution in [0.1, 0.15) is 18.7 Å². The van der Waals surface area contributed by atoms with Crippen molar-refractivity contribution >= 4 is 16.7 Å². The van der Waals surface area contributed by atoms with Crippen LogP contribution in [-0.2, 0) is 0 Å². The number of nitrogen functional groups attached to an aromatic ring is 1. The van der Waals surface area contributed by atoms with Crippen molar-refractivity contribution in [2.45, 2.75) is 13.0 Å². The van der Waals surface area contributed by atoms with E-state index < -0.39 is 23.6 Å². The van der Waals surface area contributed by atoms with Gasteiger partial charge in [0.15, 0.2) is 17.4 Å². The molecule has 1 atom stereocenters. The van der Waals surface area contributed by atoms with Crippen molar-refractivity contribution in [1.29, 1.82) is 0 Å². The predicted molar refractivity (Wildman–Crippen MR) is 96.4 cm³/mol. The summed E-state index contributed by atoms with van der Waals surface area (Å²) in [7, 11) is 0. The van der Waals surface area contributed by atoms with Crippen molar-refractivity contribution in [1.82, 2.24) is 19.7 Å². The first-order chi connectivity index (χ1) is 13.4. The van der Waals surface area contributed by atoms with Crippen LogP contribution in [-0.4, -0.2) is 19.7 Å². The molecule has 0 spiro atoms. The highest BCUT2D eigenvalue weighted by Gasteiger charge is 2.19. The smallest absolute Gasteiger partial charge is 0.166 e. The van der Waals surface area contributed by atoms with Crippen LogP contribution in [0.3, 0.4) is 0 Å². The Labute approximate surface area is 157 Å². The molecule has 0 radical (unpaired) electrons. The molecule has 0 fully saturated rings. The molecular formula is C19H14F3N5O. The van der Waals surface area contributed by atoms with Crippen molar-refractivity contribution < 1.29 is 17.9 Å². The Morgan fingerprint density at radius 2 is 1.93 bits per heavy atom. The molecule has 0 aliphatic carbocycles. The molecule has 6 nitrogen and oxygen atoms in total. The van der Waals surface area contributed by atoms with Gasteiger partial charge in [-0.15, -0.1) is 0 Å². The maximum Gasteiger partial charge on any atom is 0.166 e. The third-order valence-electron chi connectivity index (χ3n) is 4.13. The molecule has 3 heterocycles. The van der Waals surface area contributed by atoms with Gasteiger partial charge in [0.1, 0.15) is 28.9 Å². The molecule has 0 amide bonds. The average Bonchev–Trinajstić information content (AvgIpc) is 3.17. The molecule has 142 valence electrons. The second-order valence-corrected chi connectivity index (χ2v) is 6.10. The van der Waals surface area contributed by atoms with Gasteiger partial charge >= 0.3 is 0 Å². The number of hydrogen-bond acceptors (Lipinski definition) is 5. The van der Waals surface area contributed by atoms with Crippen LogP contribution in [0.2, 0.25) is 0 Å². The van der Waals surface area contributed by atoms with E-state index in [1.807, 2.05) is 0 Å². The van der Waals surface area contributed by atoms with Crippen LogP contribution in [0.15, 0.2) is 48.9 Å². The summed E-state index contributed by atoms with van der Waals surface area (Å²) in [6.07, 6.45) is 3.58. The first-order valence-electron chi connectivity index (χ1n) is 8.30. The van der Waals surface area contributed by atoms with Gasteiger partial charge < -0.3 is 10.5 Å². The first kappa shape index (κ1) is 17.8. The Bertz CT molecular complexity index is 1160. The monoisotopic (exact) mass is 385 g/mol. The van der Waals surface area contributed by atoms with Gasteiger partial charge in [-0.3, -0.25) is 4.98 Å². The molecule has 9 heteroatoms. The normalized spacial score (nSPS) is 12.3. The van der Waals surface area contributed by atoms with E-state index in [2.05, 4.69) is 15.1 Å². The number of benzene rings is 1. The summed E-state index contributed by atoms with van der Waals surface area (Å²) in [6, 6.07) is 6.23. The van der Waals surface area contributed by atoms with Gasteiger partial charge in [-0.1, -0.05) is 0 Å². The van der Waals surface area contributed by atoms with Crippen molar-refractivity contribution in [3.8, 4) is 11.4 Å². The van der Waals surface area contributed by atoms with E-state index in [0.717, 1.165) is 18.3 Å². The highest BCUT2D eigenvalue weighted by molar-refractivity contribution is 5.83. The summed E-state index contributed by atoms with van der Waals surface area (Å²) in [5.41, 5.74) is 6.61. The molecule has 0 unspecified atom stereocenters. The highest BCUT2D eigenvalue weighted by atomic mass is 19.1. The maximum absolute atomic E-state index is 13.9. The van der Waals surface area contributed by atoms with Crippen molar-refractivity contribution in [3.63, 3.8) is 0 Å². The number of halogens is 3. The lowest BCUT2D eigenvalue weighted by Crippen LogP contribution is -2.12. The van der Waals surface area contributed by atoms with Crippen molar-refractivity contribution in [3.05, 3.63) is 72.1 Å². The van der Waals surface area contributed by atoms with E-state index >= 15 is 0 Å². The Balaban J connectivity index is 1.73. The minimum absolute atomic E-state index is 0.0592. The molecule has 0 saturated heterocycles. The van der Waals surface area contributed by atoms with Gasteiger partial charge in [0.05, 0.1) is 11.9 Å². The van der Waals surface area contributed by atoms with E-state index in [1.165, 1.54) is 16.8 Å². The van der Waals surface area contributed by atoms with Crippen LogP contribution in [0.25, 0.3) is 16.6 Å². The fourth-order valence-electron chi connectivity index (χ4n) is 2.89. The quantitative estimate of drug-likeness (QED) is 0.575. The second-order valence-electron chi connectivity index (χ2n) is 6.10. The third-order valence-corrected chi connectivity index (χ3v) is 4.13. The van der Waals surface area contributed by atoms with Crippen LogP contribution < -0.4 is 10.5 Å². The minimum atomic E-state index is -0.817. The van der Waals surface area contributed by atoms with Crippen LogP contribution in [0.5, 0.6) is 5.75 Å². The van der Waals surface area contributed by atoms with Crippen LogP contribution in [0, 0.1) is 17.5 Å². The average molecular weight is 385 g/mol. The summed E-state index contributed by atoms with van der Waals surface area (Å²) in [5.74, 6) is -2.02. The fraction of sp³-hybridized carbons (Fsp3) is 0.105. The molecule has 2 N–H and O–H groups in total. The van der Waals surface area contributed by atoms with Gasteiger partial charge in [0, 0.05) is 29.9 Å². The Morgan fingerprint density at radius 1 is 1.11 bits per heavy atom. The number of nitrogens with two attached hydrogens (primary N) is 1. The predicted octanol–water partition coefficient (Wildman–Crippen LogP) is 3.96. The van der Waals surface area contributed by atoms with Crippen molar-refractivity contribution in [2.24, 2.45) is 0 Å². The molecule has 28 heavy (non-hydrogen) atoms. The number of rotatable bonds is 4. The first-order valence-corrected chi connectivity index (χ1v) is 8.30. The van der Waals surface area contributed by atoms with E-state index in [9.17, 15) is 13.2 Å². The van der Waals surface area contributed by atoms with E-state index in [4.69, 9.17) is 10.5 Å². The zero-order valence-electron chi connectivity index (χ0n) is 14.6. The summed E-state index contributed by atoms with van der Waals surface area (Å²) in [5, 5.41) is 4.29. The number of nitrogens with zero attached hydrogens (tertiary/aromatic N) is 4.